The van der Waals surface area contributed by atoms with Crippen molar-refractivity contribution < 1.29 is 18.6 Å². The fraction of sp³-hybridized carbons (Fsp3) is 0.167. The largest absolute Gasteiger partial charge is 0.456 e. The minimum atomic E-state index is -0.995. The summed E-state index contributed by atoms with van der Waals surface area (Å²) in [4.78, 5) is 2.20. The van der Waals surface area contributed by atoms with Crippen molar-refractivity contribution >= 4 is 73.9 Å². The van der Waals surface area contributed by atoms with E-state index in [1.54, 1.807) is 21.3 Å². The van der Waals surface area contributed by atoms with Crippen LogP contribution in [0.1, 0.15) is 27.7 Å². The number of benzene rings is 5. The Morgan fingerprint density at radius 3 is 1.52 bits per heavy atom. The molecule has 5 nitrogen and oxygen atoms in total. The van der Waals surface area contributed by atoms with E-state index in [2.05, 4.69) is 65.6 Å². The topological polar surface area (TPSA) is 59.0 Å². The summed E-state index contributed by atoms with van der Waals surface area (Å²) < 4.78 is 18.5. The smallest absolute Gasteiger partial charge is 0.330 e. The Morgan fingerprint density at radius 1 is 0.571 bits per heavy atom. The van der Waals surface area contributed by atoms with Crippen molar-refractivity contribution in [2.75, 3.05) is 4.90 Å². The molecule has 207 valence electrons. The van der Waals surface area contributed by atoms with Crippen LogP contribution in [0.4, 0.5) is 17.1 Å². The molecule has 2 heterocycles. The van der Waals surface area contributed by atoms with Gasteiger partial charge >= 0.3 is 7.48 Å². The first kappa shape index (κ1) is 26.4. The van der Waals surface area contributed by atoms with Crippen molar-refractivity contribution in [2.45, 2.75) is 38.9 Å². The molecule has 42 heavy (non-hydrogen) atoms. The van der Waals surface area contributed by atoms with Gasteiger partial charge in [-0.05, 0) is 76.2 Å². The predicted molar refractivity (Wildman–Crippen MR) is 173 cm³/mol. The molecule has 1 N–H and O–H groups in total. The standard InChI is InChI=1S/C36H31BNO4/c1-35(2,39)36(3,4)42-37-23-13-15-24(16-14-23)38(25-17-19-29-27-9-5-7-11-31(27)40-33(29)21-25)26-18-20-30-28-10-6-8-12-32(28)41-34(30)22-26/h5-22,39H,1-4H3. The third-order valence-corrected chi connectivity index (χ3v) is 8.36. The highest BCUT2D eigenvalue weighted by atomic mass is 16.5. The lowest BCUT2D eigenvalue weighted by atomic mass is 9.82. The average Bonchev–Trinajstić information content (AvgIpc) is 3.54. The van der Waals surface area contributed by atoms with E-state index in [0.29, 0.717) is 0 Å². The summed E-state index contributed by atoms with van der Waals surface area (Å²) in [5, 5.41) is 14.8. The third-order valence-electron chi connectivity index (χ3n) is 8.36. The lowest BCUT2D eigenvalue weighted by Gasteiger charge is -2.37. The fourth-order valence-electron chi connectivity index (χ4n) is 5.22. The molecule has 0 saturated carbocycles. The van der Waals surface area contributed by atoms with Crippen molar-refractivity contribution in [3.05, 3.63) is 109 Å². The maximum absolute atomic E-state index is 10.5. The lowest BCUT2D eigenvalue weighted by Crippen LogP contribution is -2.49. The lowest BCUT2D eigenvalue weighted by molar-refractivity contribution is -0.0893. The minimum absolute atomic E-state index is 0.748. The van der Waals surface area contributed by atoms with Gasteiger partial charge in [0.05, 0.1) is 11.2 Å². The molecule has 0 spiro atoms. The van der Waals surface area contributed by atoms with Gasteiger partial charge < -0.3 is 23.5 Å². The summed E-state index contributed by atoms with van der Waals surface area (Å²) in [5.41, 5.74) is 5.46. The Balaban J connectivity index is 1.31. The van der Waals surface area contributed by atoms with Gasteiger partial charge in [0.1, 0.15) is 22.3 Å². The Labute approximate surface area is 245 Å². The van der Waals surface area contributed by atoms with Crippen LogP contribution in [-0.2, 0) is 4.65 Å². The van der Waals surface area contributed by atoms with Crippen LogP contribution in [0, 0.1) is 0 Å². The summed E-state index contributed by atoms with van der Waals surface area (Å²) in [6.07, 6.45) is 0. The summed E-state index contributed by atoms with van der Waals surface area (Å²) in [5.74, 6) is 0. The van der Waals surface area contributed by atoms with Gasteiger partial charge in [-0.2, -0.15) is 0 Å². The van der Waals surface area contributed by atoms with E-state index in [9.17, 15) is 5.11 Å². The molecule has 7 aromatic rings. The second kappa shape index (κ2) is 9.80. The monoisotopic (exact) mass is 552 g/mol. The number of nitrogens with zero attached hydrogens (tertiary/aromatic N) is 1. The van der Waals surface area contributed by atoms with Gasteiger partial charge in [-0.1, -0.05) is 54.0 Å². The van der Waals surface area contributed by atoms with E-state index in [4.69, 9.17) is 13.5 Å². The predicted octanol–water partition coefficient (Wildman–Crippen LogP) is 8.77. The Morgan fingerprint density at radius 2 is 1.02 bits per heavy atom. The molecule has 5 aromatic carbocycles. The van der Waals surface area contributed by atoms with Crippen LogP contribution in [0.5, 0.6) is 0 Å². The zero-order valence-electron chi connectivity index (χ0n) is 24.1. The first-order valence-corrected chi connectivity index (χ1v) is 14.1. The molecule has 0 bridgehead atoms. The van der Waals surface area contributed by atoms with Crippen LogP contribution in [0.15, 0.2) is 118 Å². The van der Waals surface area contributed by atoms with Crippen molar-refractivity contribution in [1.29, 1.82) is 0 Å². The van der Waals surface area contributed by atoms with E-state index < -0.39 is 11.2 Å². The highest BCUT2D eigenvalue weighted by molar-refractivity contribution is 6.47. The summed E-state index contributed by atoms with van der Waals surface area (Å²) >= 11 is 0. The molecule has 0 atom stereocenters. The Hall–Kier alpha value is -4.52. The number of aliphatic hydroxyl groups is 1. The zero-order valence-corrected chi connectivity index (χ0v) is 24.1. The Bertz CT molecular complexity index is 1950. The maximum atomic E-state index is 10.5. The second-order valence-corrected chi connectivity index (χ2v) is 11.8. The van der Waals surface area contributed by atoms with Crippen LogP contribution in [0.2, 0.25) is 0 Å². The number of rotatable bonds is 7. The van der Waals surface area contributed by atoms with Gasteiger partial charge in [0.15, 0.2) is 0 Å². The number of anilines is 3. The zero-order chi connectivity index (χ0) is 29.1. The third kappa shape index (κ3) is 4.53. The van der Waals surface area contributed by atoms with Crippen LogP contribution >= 0.6 is 0 Å². The molecular formula is C36H31BNO4. The van der Waals surface area contributed by atoms with Gasteiger partial charge in [0.25, 0.3) is 0 Å². The van der Waals surface area contributed by atoms with Crippen LogP contribution < -0.4 is 10.4 Å². The van der Waals surface area contributed by atoms with Crippen LogP contribution in [0.25, 0.3) is 43.9 Å². The van der Waals surface area contributed by atoms with Crippen molar-refractivity contribution in [2.24, 2.45) is 0 Å². The molecule has 1 radical (unpaired) electrons. The van der Waals surface area contributed by atoms with Crippen molar-refractivity contribution in [3.63, 3.8) is 0 Å². The fourth-order valence-corrected chi connectivity index (χ4v) is 5.22. The molecule has 0 saturated heterocycles. The average molecular weight is 552 g/mol. The molecular weight excluding hydrogens is 521 g/mol. The molecule has 2 aromatic heterocycles. The summed E-state index contributed by atoms with van der Waals surface area (Å²) in [7, 11) is 1.70. The van der Waals surface area contributed by atoms with E-state index in [1.807, 2.05) is 62.4 Å². The van der Waals surface area contributed by atoms with Crippen LogP contribution in [-0.4, -0.2) is 23.8 Å². The van der Waals surface area contributed by atoms with Gasteiger partial charge in [-0.25, -0.2) is 0 Å². The number of furan rings is 2. The quantitative estimate of drug-likeness (QED) is 0.200. The first-order chi connectivity index (χ1) is 20.2. The number of fused-ring (bicyclic) bond motifs is 6. The van der Waals surface area contributed by atoms with Gasteiger partial charge in [-0.15, -0.1) is 0 Å². The van der Waals surface area contributed by atoms with E-state index >= 15 is 0 Å². The van der Waals surface area contributed by atoms with Crippen LogP contribution in [0.3, 0.4) is 0 Å². The SMILES string of the molecule is CC(C)(O)C(C)(C)O[B]c1ccc(N(c2ccc3c(c2)oc2ccccc23)c2ccc3c(c2)oc2ccccc23)cc1. The molecule has 0 aliphatic heterocycles. The molecule has 0 unspecified atom stereocenters. The number of hydrogen-bond donors (Lipinski definition) is 1. The van der Waals surface area contributed by atoms with Gasteiger partial charge in [0.2, 0.25) is 0 Å². The molecule has 0 amide bonds. The van der Waals surface area contributed by atoms with Gasteiger partial charge in [0, 0.05) is 50.7 Å². The minimum Gasteiger partial charge on any atom is -0.456 e. The van der Waals surface area contributed by atoms with E-state index in [-0.39, 0.29) is 0 Å². The summed E-state index contributed by atoms with van der Waals surface area (Å²) in [6, 6.07) is 37.1. The molecule has 6 heteroatoms. The Kier molecular flexibility index (Phi) is 6.15. The number of hydrogen-bond acceptors (Lipinski definition) is 5. The number of para-hydroxylation sites is 2. The second-order valence-electron chi connectivity index (χ2n) is 11.8. The molecule has 0 aliphatic rings. The highest BCUT2D eigenvalue weighted by Gasteiger charge is 2.35. The van der Waals surface area contributed by atoms with Crippen molar-refractivity contribution in [3.8, 4) is 0 Å². The van der Waals surface area contributed by atoms with E-state index in [1.165, 1.54) is 0 Å². The highest BCUT2D eigenvalue weighted by Crippen LogP contribution is 2.40. The summed E-state index contributed by atoms with van der Waals surface area (Å²) in [6.45, 7) is 7.25. The molecule has 0 aliphatic carbocycles. The normalized spacial score (nSPS) is 12.5. The molecule has 0 fully saturated rings. The first-order valence-electron chi connectivity index (χ1n) is 14.1. The molecule has 7 rings (SSSR count). The maximum Gasteiger partial charge on any atom is 0.330 e. The van der Waals surface area contributed by atoms with Gasteiger partial charge in [-0.3, -0.25) is 0 Å². The van der Waals surface area contributed by atoms with E-state index in [0.717, 1.165) is 66.4 Å². The van der Waals surface area contributed by atoms with Crippen molar-refractivity contribution in [1.82, 2.24) is 0 Å².